The summed E-state index contributed by atoms with van der Waals surface area (Å²) in [5, 5.41) is 12.8. The van der Waals surface area contributed by atoms with Crippen LogP contribution in [0.3, 0.4) is 0 Å². The molecule has 0 saturated carbocycles. The molecule has 1 aliphatic heterocycles. The van der Waals surface area contributed by atoms with Gasteiger partial charge in [-0.1, -0.05) is 6.07 Å². The van der Waals surface area contributed by atoms with Crippen molar-refractivity contribution in [3.05, 3.63) is 35.4 Å². The number of nitrogens with two attached hydrogens (primary N) is 1. The molecule has 23 heavy (non-hydrogen) atoms. The molecule has 1 aliphatic rings. The largest absolute Gasteiger partial charge is 0.386 e. The molecule has 1 saturated heterocycles. The number of rotatable bonds is 6. The molecule has 1 heterocycles. The van der Waals surface area contributed by atoms with E-state index in [4.69, 9.17) is 10.5 Å². The zero-order chi connectivity index (χ0) is 17.0. The predicted octanol–water partition coefficient (Wildman–Crippen LogP) is 1.26. The molecule has 1 amide bonds. The number of ether oxygens (including phenoxy) is 1. The summed E-state index contributed by atoms with van der Waals surface area (Å²) in [6.45, 7) is 2.54. The lowest BCUT2D eigenvalue weighted by Crippen LogP contribution is -2.38. The Morgan fingerprint density at radius 3 is 2.83 bits per heavy atom. The van der Waals surface area contributed by atoms with Crippen LogP contribution in [0, 0.1) is 17.6 Å². The second kappa shape index (κ2) is 7.81. The molecule has 2 rings (SSSR count). The van der Waals surface area contributed by atoms with Crippen molar-refractivity contribution in [1.82, 2.24) is 5.32 Å². The van der Waals surface area contributed by atoms with Crippen LogP contribution in [0.25, 0.3) is 0 Å². The minimum atomic E-state index is -1.12. The number of hydrogen-bond donors (Lipinski definition) is 3. The van der Waals surface area contributed by atoms with E-state index in [-0.39, 0.29) is 29.9 Å². The first-order valence-electron chi connectivity index (χ1n) is 7.64. The molecule has 1 fully saturated rings. The van der Waals surface area contributed by atoms with Crippen LogP contribution in [0.5, 0.6) is 0 Å². The van der Waals surface area contributed by atoms with Crippen molar-refractivity contribution in [3.63, 3.8) is 0 Å². The highest BCUT2D eigenvalue weighted by Gasteiger charge is 2.27. The summed E-state index contributed by atoms with van der Waals surface area (Å²) >= 11 is 0. The molecule has 128 valence electrons. The Morgan fingerprint density at radius 1 is 1.48 bits per heavy atom. The quantitative estimate of drug-likeness (QED) is 0.734. The summed E-state index contributed by atoms with van der Waals surface area (Å²) in [4.78, 5) is 12.0. The first-order valence-corrected chi connectivity index (χ1v) is 7.64. The van der Waals surface area contributed by atoms with Gasteiger partial charge in [-0.05, 0) is 37.0 Å². The number of halogens is 2. The van der Waals surface area contributed by atoms with E-state index in [2.05, 4.69) is 5.32 Å². The summed E-state index contributed by atoms with van der Waals surface area (Å²) in [6, 6.07) is 2.55. The van der Waals surface area contributed by atoms with Crippen LogP contribution in [0.15, 0.2) is 18.2 Å². The Morgan fingerprint density at radius 2 is 2.22 bits per heavy atom. The smallest absolute Gasteiger partial charge is 0.220 e. The summed E-state index contributed by atoms with van der Waals surface area (Å²) in [5.41, 5.74) is 5.73. The molecule has 1 aromatic rings. The Kier molecular flexibility index (Phi) is 6.04. The first kappa shape index (κ1) is 17.8. The van der Waals surface area contributed by atoms with Crippen molar-refractivity contribution in [2.24, 2.45) is 11.7 Å². The van der Waals surface area contributed by atoms with Crippen molar-refractivity contribution in [3.8, 4) is 0 Å². The first-order chi connectivity index (χ1) is 10.9. The SMILES string of the molecule is CC(NC(=O)CC1COC(CN)C1)C(O)c1ccc(F)c(F)c1. The lowest BCUT2D eigenvalue weighted by atomic mass is 10.00. The predicted molar refractivity (Wildman–Crippen MR) is 80.4 cm³/mol. The van der Waals surface area contributed by atoms with Gasteiger partial charge in [0.2, 0.25) is 5.91 Å². The van der Waals surface area contributed by atoms with Crippen molar-refractivity contribution >= 4 is 5.91 Å². The summed E-state index contributed by atoms with van der Waals surface area (Å²) in [7, 11) is 0. The Labute approximate surface area is 133 Å². The van der Waals surface area contributed by atoms with E-state index in [0.29, 0.717) is 13.2 Å². The van der Waals surface area contributed by atoms with Crippen molar-refractivity contribution < 1.29 is 23.4 Å². The van der Waals surface area contributed by atoms with Crippen molar-refractivity contribution in [2.75, 3.05) is 13.2 Å². The fourth-order valence-corrected chi connectivity index (χ4v) is 2.73. The van der Waals surface area contributed by atoms with Crippen molar-refractivity contribution in [2.45, 2.75) is 38.0 Å². The highest BCUT2D eigenvalue weighted by atomic mass is 19.2. The number of aliphatic hydroxyl groups is 1. The third kappa shape index (κ3) is 4.70. The second-order valence-corrected chi connectivity index (χ2v) is 5.97. The average molecular weight is 328 g/mol. The van der Waals surface area contributed by atoms with Crippen LogP contribution in [0.1, 0.15) is 31.4 Å². The highest BCUT2D eigenvalue weighted by molar-refractivity contribution is 5.76. The molecule has 0 bridgehead atoms. The van der Waals surface area contributed by atoms with E-state index in [1.165, 1.54) is 6.07 Å². The van der Waals surface area contributed by atoms with Crippen LogP contribution < -0.4 is 11.1 Å². The van der Waals surface area contributed by atoms with E-state index in [9.17, 15) is 18.7 Å². The summed E-state index contributed by atoms with van der Waals surface area (Å²) < 4.78 is 31.6. The van der Waals surface area contributed by atoms with Gasteiger partial charge in [0.15, 0.2) is 11.6 Å². The molecule has 0 spiro atoms. The normalized spacial score (nSPS) is 23.5. The molecule has 1 aromatic carbocycles. The van der Waals surface area contributed by atoms with E-state index in [1.54, 1.807) is 6.92 Å². The molecule has 0 aromatic heterocycles. The fraction of sp³-hybridized carbons (Fsp3) is 0.562. The molecule has 7 heteroatoms. The van der Waals surface area contributed by atoms with E-state index in [1.807, 2.05) is 0 Å². The Bertz CT molecular complexity index is 556. The number of aliphatic hydroxyl groups excluding tert-OH is 1. The average Bonchev–Trinajstić information content (AvgIpc) is 2.96. The van der Waals surface area contributed by atoms with Crippen LogP contribution in [-0.2, 0) is 9.53 Å². The van der Waals surface area contributed by atoms with Gasteiger partial charge in [-0.25, -0.2) is 8.78 Å². The Hall–Kier alpha value is -1.57. The molecule has 0 radical (unpaired) electrons. The molecule has 4 N–H and O–H groups in total. The minimum Gasteiger partial charge on any atom is -0.386 e. The lowest BCUT2D eigenvalue weighted by molar-refractivity contribution is -0.123. The molecule has 0 aliphatic carbocycles. The van der Waals surface area contributed by atoms with Crippen LogP contribution >= 0.6 is 0 Å². The van der Waals surface area contributed by atoms with E-state index in [0.717, 1.165) is 18.6 Å². The van der Waals surface area contributed by atoms with Gasteiger partial charge >= 0.3 is 0 Å². The monoisotopic (exact) mass is 328 g/mol. The minimum absolute atomic E-state index is 0.00185. The standard InChI is InChI=1S/C16H22F2N2O3/c1-9(16(22)11-2-3-13(17)14(18)6-11)20-15(21)5-10-4-12(7-19)23-8-10/h2-3,6,9-10,12,16,22H,4-5,7-8,19H2,1H3,(H,20,21). The molecule has 5 nitrogen and oxygen atoms in total. The molecular weight excluding hydrogens is 306 g/mol. The van der Waals surface area contributed by atoms with Gasteiger partial charge < -0.3 is 20.9 Å². The number of hydrogen-bond acceptors (Lipinski definition) is 4. The van der Waals surface area contributed by atoms with Gasteiger partial charge in [0, 0.05) is 13.0 Å². The topological polar surface area (TPSA) is 84.6 Å². The second-order valence-electron chi connectivity index (χ2n) is 5.97. The Balaban J connectivity index is 1.86. The lowest BCUT2D eigenvalue weighted by Gasteiger charge is -2.21. The highest BCUT2D eigenvalue weighted by Crippen LogP contribution is 2.23. The van der Waals surface area contributed by atoms with E-state index >= 15 is 0 Å². The van der Waals surface area contributed by atoms with Crippen LogP contribution in [0.4, 0.5) is 8.78 Å². The van der Waals surface area contributed by atoms with Gasteiger partial charge in [-0.15, -0.1) is 0 Å². The number of carbonyl (C=O) groups is 1. The zero-order valence-electron chi connectivity index (χ0n) is 13.0. The van der Waals surface area contributed by atoms with Crippen LogP contribution in [-0.4, -0.2) is 36.3 Å². The van der Waals surface area contributed by atoms with Crippen LogP contribution in [0.2, 0.25) is 0 Å². The van der Waals surface area contributed by atoms with Gasteiger partial charge in [-0.3, -0.25) is 4.79 Å². The maximum Gasteiger partial charge on any atom is 0.220 e. The fourth-order valence-electron chi connectivity index (χ4n) is 2.73. The van der Waals surface area contributed by atoms with Gasteiger partial charge in [0.05, 0.1) is 24.9 Å². The third-order valence-corrected chi connectivity index (χ3v) is 4.05. The maximum absolute atomic E-state index is 13.2. The van der Waals surface area contributed by atoms with Gasteiger partial charge in [0.1, 0.15) is 0 Å². The van der Waals surface area contributed by atoms with E-state index < -0.39 is 23.8 Å². The zero-order valence-corrected chi connectivity index (χ0v) is 13.0. The number of amides is 1. The molecule has 4 unspecified atom stereocenters. The number of carbonyl (C=O) groups excluding carboxylic acids is 1. The number of benzene rings is 1. The third-order valence-electron chi connectivity index (χ3n) is 4.05. The number of nitrogens with one attached hydrogen (secondary N) is 1. The maximum atomic E-state index is 13.2. The molecule has 4 atom stereocenters. The summed E-state index contributed by atoms with van der Waals surface area (Å²) in [5.74, 6) is -2.12. The van der Waals surface area contributed by atoms with Crippen molar-refractivity contribution in [1.29, 1.82) is 0 Å². The van der Waals surface area contributed by atoms with Gasteiger partial charge in [0.25, 0.3) is 0 Å². The summed E-state index contributed by atoms with van der Waals surface area (Å²) in [6.07, 6.45) is -0.0984. The van der Waals surface area contributed by atoms with Gasteiger partial charge in [-0.2, -0.15) is 0 Å². The molecular formula is C16H22F2N2O3.